The molecule has 1 unspecified atom stereocenters. The van der Waals surface area contributed by atoms with Crippen LogP contribution in [0.2, 0.25) is 0 Å². The molecule has 0 fully saturated rings. The Bertz CT molecular complexity index is 987. The maximum atomic E-state index is 12.6. The summed E-state index contributed by atoms with van der Waals surface area (Å²) >= 11 is 0. The second-order valence-corrected chi connectivity index (χ2v) is 6.17. The van der Waals surface area contributed by atoms with Crippen molar-refractivity contribution in [2.75, 3.05) is 5.73 Å². The van der Waals surface area contributed by atoms with E-state index >= 15 is 0 Å². The van der Waals surface area contributed by atoms with Crippen molar-refractivity contribution < 1.29 is 19.2 Å². The van der Waals surface area contributed by atoms with Crippen molar-refractivity contribution in [3.8, 4) is 11.1 Å². The minimum absolute atomic E-state index is 0.228. The molecule has 1 atom stereocenters. The lowest BCUT2D eigenvalue weighted by Gasteiger charge is -2.11. The van der Waals surface area contributed by atoms with Crippen molar-refractivity contribution in [2.45, 2.75) is 33.2 Å². The van der Waals surface area contributed by atoms with Gasteiger partial charge in [0.15, 0.2) is 5.82 Å². The highest BCUT2D eigenvalue weighted by Crippen LogP contribution is 2.25. The van der Waals surface area contributed by atoms with E-state index in [0.717, 1.165) is 16.8 Å². The number of nitrogens with two attached hydrogens (primary N) is 1. The Morgan fingerprint density at radius 1 is 1.31 bits per heavy atom. The quantitative estimate of drug-likeness (QED) is 0.557. The Balaban J connectivity index is 0.000000941. The summed E-state index contributed by atoms with van der Waals surface area (Å²) in [6, 6.07) is 10.7. The molecule has 0 aliphatic heterocycles. The summed E-state index contributed by atoms with van der Waals surface area (Å²) < 4.78 is 5.17. The Labute approximate surface area is 168 Å². The first-order valence-corrected chi connectivity index (χ1v) is 8.94. The van der Waals surface area contributed by atoms with Gasteiger partial charge >= 0.3 is 0 Å². The fraction of sp³-hybridized carbons (Fsp3) is 0.250. The number of hydrogen-bond donors (Lipinski definition) is 3. The molecule has 1 amide bonds. The number of hydrogen-bond acceptors (Lipinski definition) is 7. The number of aromatic nitrogens is 3. The third kappa shape index (κ3) is 5.61. The monoisotopic (exact) mass is 397 g/mol. The van der Waals surface area contributed by atoms with Crippen molar-refractivity contribution in [3.63, 3.8) is 0 Å². The van der Waals surface area contributed by atoms with Crippen LogP contribution in [0.25, 0.3) is 11.1 Å². The van der Waals surface area contributed by atoms with E-state index in [0.29, 0.717) is 29.5 Å². The van der Waals surface area contributed by atoms with Gasteiger partial charge in [-0.1, -0.05) is 24.2 Å². The number of anilines is 1. The van der Waals surface area contributed by atoms with E-state index in [1.807, 2.05) is 38.1 Å². The van der Waals surface area contributed by atoms with Gasteiger partial charge in [-0.05, 0) is 43.7 Å². The third-order valence-corrected chi connectivity index (χ3v) is 4.02. The number of carboxylic acid groups (broad SMARTS) is 1. The van der Waals surface area contributed by atoms with Crippen molar-refractivity contribution in [1.29, 1.82) is 0 Å². The summed E-state index contributed by atoms with van der Waals surface area (Å²) in [6.45, 7) is 5.37. The van der Waals surface area contributed by atoms with Gasteiger partial charge in [0.05, 0.1) is 0 Å². The van der Waals surface area contributed by atoms with Gasteiger partial charge in [0.2, 0.25) is 5.89 Å². The Kier molecular flexibility index (Phi) is 7.41. The van der Waals surface area contributed by atoms with Crippen LogP contribution in [0.5, 0.6) is 0 Å². The molecule has 2 aromatic heterocycles. The van der Waals surface area contributed by atoms with E-state index in [1.165, 1.54) is 0 Å². The number of amides is 1. The van der Waals surface area contributed by atoms with Gasteiger partial charge in [-0.25, -0.2) is 4.98 Å². The molecule has 29 heavy (non-hydrogen) atoms. The van der Waals surface area contributed by atoms with Crippen LogP contribution in [-0.4, -0.2) is 32.6 Å². The third-order valence-electron chi connectivity index (χ3n) is 4.02. The summed E-state index contributed by atoms with van der Waals surface area (Å²) in [5.74, 6) is 1.21. The van der Waals surface area contributed by atoms with Crippen molar-refractivity contribution >= 4 is 18.2 Å². The molecule has 152 valence electrons. The Morgan fingerprint density at radius 2 is 2.03 bits per heavy atom. The molecule has 9 heteroatoms. The number of nitrogens with one attached hydrogen (secondary N) is 1. The number of carbonyl (C=O) groups excluding carboxylic acids is 1. The van der Waals surface area contributed by atoms with Gasteiger partial charge in [-0.3, -0.25) is 9.59 Å². The van der Waals surface area contributed by atoms with Crippen LogP contribution in [-0.2, 0) is 11.2 Å². The zero-order chi connectivity index (χ0) is 21.4. The minimum atomic E-state index is -0.384. The topological polar surface area (TPSA) is 144 Å². The number of nitrogens with zero attached hydrogens (tertiary/aromatic N) is 3. The zero-order valence-corrected chi connectivity index (χ0v) is 16.4. The fourth-order valence-corrected chi connectivity index (χ4v) is 2.58. The maximum absolute atomic E-state index is 12.6. The lowest BCUT2D eigenvalue weighted by atomic mass is 10.0. The second-order valence-electron chi connectivity index (χ2n) is 6.17. The molecule has 0 bridgehead atoms. The molecule has 0 radical (unpaired) electrons. The first-order valence-electron chi connectivity index (χ1n) is 8.94. The SMILES string of the molecule is CCc1noc(C(C)NC(=O)c2cccc(-c3ccc(C)nc3N)c2)n1.O=CO. The molecule has 0 saturated heterocycles. The van der Waals surface area contributed by atoms with Crippen molar-refractivity contribution in [2.24, 2.45) is 0 Å². The van der Waals surface area contributed by atoms with Crippen LogP contribution >= 0.6 is 0 Å². The van der Waals surface area contributed by atoms with E-state index in [1.54, 1.807) is 19.1 Å². The zero-order valence-electron chi connectivity index (χ0n) is 16.4. The Hall–Kier alpha value is -3.75. The van der Waals surface area contributed by atoms with Crippen LogP contribution in [0.4, 0.5) is 5.82 Å². The fourth-order valence-electron chi connectivity index (χ4n) is 2.58. The average Bonchev–Trinajstić information content (AvgIpc) is 3.18. The van der Waals surface area contributed by atoms with E-state index in [9.17, 15) is 4.79 Å². The summed E-state index contributed by atoms with van der Waals surface area (Å²) in [5.41, 5.74) is 9.01. The largest absolute Gasteiger partial charge is 0.483 e. The normalized spacial score (nSPS) is 11.1. The lowest BCUT2D eigenvalue weighted by molar-refractivity contribution is -0.122. The number of aryl methyl sites for hydroxylation is 2. The van der Waals surface area contributed by atoms with Crippen molar-refractivity contribution in [3.05, 3.63) is 59.4 Å². The molecular weight excluding hydrogens is 374 g/mol. The summed E-state index contributed by atoms with van der Waals surface area (Å²) in [4.78, 5) is 29.5. The lowest BCUT2D eigenvalue weighted by Crippen LogP contribution is -2.26. The van der Waals surface area contributed by atoms with Gasteiger partial charge in [0.25, 0.3) is 12.4 Å². The average molecular weight is 397 g/mol. The summed E-state index contributed by atoms with van der Waals surface area (Å²) in [6.07, 6.45) is 0.679. The first-order chi connectivity index (χ1) is 13.9. The van der Waals surface area contributed by atoms with Crippen LogP contribution in [0, 0.1) is 6.92 Å². The molecule has 0 saturated carbocycles. The molecular formula is C20H23N5O4. The molecule has 3 rings (SSSR count). The predicted octanol–water partition coefficient (Wildman–Crippen LogP) is 2.78. The highest BCUT2D eigenvalue weighted by Gasteiger charge is 2.17. The number of nitrogen functional groups attached to an aromatic ring is 1. The van der Waals surface area contributed by atoms with Crippen molar-refractivity contribution in [1.82, 2.24) is 20.4 Å². The molecule has 3 aromatic rings. The minimum Gasteiger partial charge on any atom is -0.483 e. The molecule has 0 aliphatic rings. The number of benzene rings is 1. The Morgan fingerprint density at radius 3 is 2.66 bits per heavy atom. The van der Waals surface area contributed by atoms with Gasteiger partial charge in [0.1, 0.15) is 11.9 Å². The predicted molar refractivity (Wildman–Crippen MR) is 107 cm³/mol. The van der Waals surface area contributed by atoms with Crippen LogP contribution in [0.1, 0.15) is 47.7 Å². The standard InChI is InChI=1S/C19H21N5O2.CH2O2/c1-4-16-23-19(26-24-16)12(3)22-18(25)14-7-5-6-13(10-14)15-9-8-11(2)21-17(15)20;2-1-3/h5-10,12H,4H2,1-3H3,(H2,20,21)(H,22,25);1H,(H,2,3). The van der Waals surface area contributed by atoms with E-state index in [4.69, 9.17) is 20.2 Å². The maximum Gasteiger partial charge on any atom is 0.290 e. The van der Waals surface area contributed by atoms with Gasteiger partial charge in [-0.2, -0.15) is 4.98 Å². The van der Waals surface area contributed by atoms with Gasteiger partial charge in [-0.15, -0.1) is 0 Å². The number of pyridine rings is 1. The molecule has 9 nitrogen and oxygen atoms in total. The van der Waals surface area contributed by atoms with Crippen LogP contribution in [0.15, 0.2) is 40.9 Å². The van der Waals surface area contributed by atoms with Crippen LogP contribution in [0.3, 0.4) is 0 Å². The number of carbonyl (C=O) groups is 2. The molecule has 0 spiro atoms. The van der Waals surface area contributed by atoms with E-state index in [2.05, 4.69) is 20.4 Å². The van der Waals surface area contributed by atoms with E-state index in [-0.39, 0.29) is 18.4 Å². The molecule has 1 aromatic carbocycles. The molecule has 0 aliphatic carbocycles. The van der Waals surface area contributed by atoms with Crippen LogP contribution < -0.4 is 11.1 Å². The van der Waals surface area contributed by atoms with E-state index < -0.39 is 0 Å². The summed E-state index contributed by atoms with van der Waals surface area (Å²) in [5, 5.41) is 13.6. The second kappa shape index (κ2) is 9.98. The number of rotatable bonds is 5. The van der Waals surface area contributed by atoms with Gasteiger partial charge < -0.3 is 20.7 Å². The van der Waals surface area contributed by atoms with Gasteiger partial charge in [0, 0.05) is 23.2 Å². The highest BCUT2D eigenvalue weighted by atomic mass is 16.5. The summed E-state index contributed by atoms with van der Waals surface area (Å²) in [7, 11) is 0. The molecule has 4 N–H and O–H groups in total. The first kappa shape index (κ1) is 21.5. The smallest absolute Gasteiger partial charge is 0.290 e. The molecule has 2 heterocycles. The highest BCUT2D eigenvalue weighted by molar-refractivity contribution is 5.96.